The molecule has 1 aliphatic carbocycles. The average Bonchev–Trinajstić information content (AvgIpc) is 2.76. The highest BCUT2D eigenvalue weighted by atomic mass is 35.5. The zero-order valence-electron chi connectivity index (χ0n) is 17.4. The van der Waals surface area contributed by atoms with Crippen molar-refractivity contribution in [3.05, 3.63) is 63.8 Å². The molecule has 0 fully saturated rings. The van der Waals surface area contributed by atoms with Crippen LogP contribution >= 0.6 is 11.6 Å². The minimum absolute atomic E-state index is 0.00854. The van der Waals surface area contributed by atoms with Crippen LogP contribution in [0.2, 0.25) is 5.02 Å². The normalized spacial score (nSPS) is 20.9. The summed E-state index contributed by atoms with van der Waals surface area (Å²) in [5, 5.41) is 13.2. The van der Waals surface area contributed by atoms with Gasteiger partial charge in [-0.1, -0.05) is 23.7 Å². The van der Waals surface area contributed by atoms with E-state index in [4.69, 9.17) is 21.1 Å². The highest BCUT2D eigenvalue weighted by Gasteiger charge is 2.38. The largest absolute Gasteiger partial charge is 0.503 e. The van der Waals surface area contributed by atoms with E-state index in [1.165, 1.54) is 0 Å². The maximum Gasteiger partial charge on any atom is 0.225 e. The second-order valence-electron chi connectivity index (χ2n) is 7.78. The molecule has 6 nitrogen and oxygen atoms in total. The standard InChI is InChI=1S/C24H24ClNO5/c1-3-31-21-11-15(8-18(25)24(21)29)17-12-22(28)26-19-9-14(10-20(27)23(17)19)13-4-6-16(30-2)7-5-13/h4-8,11,14,17,29H,3,9-10,12H2,1-2H3,(H,26,28)/t14-,17+/m0/s1. The summed E-state index contributed by atoms with van der Waals surface area (Å²) < 4.78 is 10.7. The van der Waals surface area contributed by atoms with Crippen LogP contribution in [0, 0.1) is 0 Å². The highest BCUT2D eigenvalue weighted by molar-refractivity contribution is 6.32. The fraction of sp³-hybridized carbons (Fsp3) is 0.333. The van der Waals surface area contributed by atoms with Gasteiger partial charge in [0.25, 0.3) is 0 Å². The molecule has 2 aromatic rings. The van der Waals surface area contributed by atoms with E-state index < -0.39 is 5.92 Å². The Morgan fingerprint density at radius 3 is 2.52 bits per heavy atom. The number of methoxy groups -OCH3 is 1. The molecule has 0 aromatic heterocycles. The summed E-state index contributed by atoms with van der Waals surface area (Å²) in [7, 11) is 1.61. The Morgan fingerprint density at radius 2 is 1.84 bits per heavy atom. The number of carbonyl (C=O) groups is 2. The lowest BCUT2D eigenvalue weighted by Gasteiger charge is -2.34. The number of Topliss-reactive ketones (excluding diaryl/α,β-unsaturated/α-hetero) is 1. The molecule has 2 aromatic carbocycles. The Morgan fingerprint density at radius 1 is 1.10 bits per heavy atom. The van der Waals surface area contributed by atoms with Crippen LogP contribution in [-0.4, -0.2) is 30.5 Å². The molecule has 0 bridgehead atoms. The average molecular weight is 442 g/mol. The molecule has 2 N–H and O–H groups in total. The molecule has 0 spiro atoms. The van der Waals surface area contributed by atoms with Crippen molar-refractivity contribution in [2.75, 3.05) is 13.7 Å². The first-order valence-corrected chi connectivity index (χ1v) is 10.6. The second kappa shape index (κ2) is 8.63. The number of hydrogen-bond donors (Lipinski definition) is 2. The zero-order valence-corrected chi connectivity index (χ0v) is 18.2. The molecule has 0 saturated carbocycles. The van der Waals surface area contributed by atoms with E-state index in [1.807, 2.05) is 24.3 Å². The van der Waals surface area contributed by atoms with Crippen molar-refractivity contribution in [1.29, 1.82) is 0 Å². The zero-order chi connectivity index (χ0) is 22.1. The number of rotatable bonds is 5. The van der Waals surface area contributed by atoms with E-state index in [9.17, 15) is 14.7 Å². The number of phenols is 1. The molecular formula is C24H24ClNO5. The number of aromatic hydroxyl groups is 1. The molecular weight excluding hydrogens is 418 g/mol. The molecule has 2 aliphatic rings. The van der Waals surface area contributed by atoms with Gasteiger partial charge in [0.2, 0.25) is 5.91 Å². The van der Waals surface area contributed by atoms with Crippen LogP contribution in [0.1, 0.15) is 49.1 Å². The van der Waals surface area contributed by atoms with Gasteiger partial charge in [-0.05, 0) is 54.7 Å². The Labute approximate surface area is 185 Å². The van der Waals surface area contributed by atoms with E-state index in [-0.39, 0.29) is 40.6 Å². The van der Waals surface area contributed by atoms with E-state index >= 15 is 0 Å². The molecule has 162 valence electrons. The van der Waals surface area contributed by atoms with E-state index in [0.29, 0.717) is 36.3 Å². The molecule has 1 amide bonds. The molecule has 0 radical (unpaired) electrons. The molecule has 1 heterocycles. The summed E-state index contributed by atoms with van der Waals surface area (Å²) in [5.74, 6) is 0.284. The number of ketones is 1. The number of benzene rings is 2. The van der Waals surface area contributed by atoms with E-state index in [0.717, 1.165) is 11.3 Å². The number of allylic oxidation sites excluding steroid dienone is 2. The first-order chi connectivity index (χ1) is 14.9. The van der Waals surface area contributed by atoms with Crippen molar-refractivity contribution >= 4 is 23.3 Å². The summed E-state index contributed by atoms with van der Waals surface area (Å²) in [4.78, 5) is 25.8. The molecule has 7 heteroatoms. The van der Waals surface area contributed by atoms with Crippen molar-refractivity contribution in [1.82, 2.24) is 5.32 Å². The first kappa shape index (κ1) is 21.2. The van der Waals surface area contributed by atoms with Crippen LogP contribution < -0.4 is 14.8 Å². The third kappa shape index (κ3) is 4.12. The van der Waals surface area contributed by atoms with E-state index in [1.54, 1.807) is 26.2 Å². The lowest BCUT2D eigenvalue weighted by Crippen LogP contribution is -2.38. The van der Waals surface area contributed by atoms with Crippen LogP contribution in [0.25, 0.3) is 0 Å². The Bertz CT molecular complexity index is 1060. The van der Waals surface area contributed by atoms with Crippen molar-refractivity contribution in [2.45, 2.75) is 38.0 Å². The number of halogens is 1. The van der Waals surface area contributed by atoms with Crippen molar-refractivity contribution < 1.29 is 24.2 Å². The SMILES string of the molecule is CCOc1cc([C@H]2CC(=O)NC3=C2C(=O)C[C@@H](c2ccc(OC)cc2)C3)cc(Cl)c1O. The minimum atomic E-state index is -0.426. The van der Waals surface area contributed by atoms with Crippen LogP contribution in [0.3, 0.4) is 0 Å². The highest BCUT2D eigenvalue weighted by Crippen LogP contribution is 2.45. The quantitative estimate of drug-likeness (QED) is 0.715. The summed E-state index contributed by atoms with van der Waals surface area (Å²) >= 11 is 6.21. The van der Waals surface area contributed by atoms with Crippen LogP contribution in [0.4, 0.5) is 0 Å². The van der Waals surface area contributed by atoms with Gasteiger partial charge in [0.05, 0.1) is 18.7 Å². The van der Waals surface area contributed by atoms with Gasteiger partial charge in [0.15, 0.2) is 17.3 Å². The summed E-state index contributed by atoms with van der Waals surface area (Å²) in [6, 6.07) is 10.9. The fourth-order valence-electron chi connectivity index (χ4n) is 4.42. The van der Waals surface area contributed by atoms with Crippen molar-refractivity contribution in [2.24, 2.45) is 0 Å². The molecule has 2 atom stereocenters. The molecule has 31 heavy (non-hydrogen) atoms. The molecule has 1 aliphatic heterocycles. The van der Waals surface area contributed by atoms with Crippen molar-refractivity contribution in [3.8, 4) is 17.2 Å². The van der Waals surface area contributed by atoms with Gasteiger partial charge in [0.1, 0.15) is 5.75 Å². The third-order valence-electron chi connectivity index (χ3n) is 5.88. The van der Waals surface area contributed by atoms with Crippen molar-refractivity contribution in [3.63, 3.8) is 0 Å². The Balaban J connectivity index is 1.70. The lowest BCUT2D eigenvalue weighted by molar-refractivity contribution is -0.122. The fourth-order valence-corrected chi connectivity index (χ4v) is 4.64. The number of carbonyl (C=O) groups excluding carboxylic acids is 2. The van der Waals surface area contributed by atoms with Crippen LogP contribution in [0.15, 0.2) is 47.7 Å². The number of ether oxygens (including phenoxy) is 2. The van der Waals surface area contributed by atoms with E-state index in [2.05, 4.69) is 5.32 Å². The van der Waals surface area contributed by atoms with Gasteiger partial charge in [0, 0.05) is 30.0 Å². The number of hydrogen-bond acceptors (Lipinski definition) is 5. The summed E-state index contributed by atoms with van der Waals surface area (Å²) in [6.45, 7) is 2.16. The number of nitrogens with one attached hydrogen (secondary N) is 1. The van der Waals surface area contributed by atoms with Gasteiger partial charge in [-0.3, -0.25) is 9.59 Å². The maximum atomic E-state index is 13.2. The van der Waals surface area contributed by atoms with Crippen LogP contribution in [0.5, 0.6) is 17.2 Å². The monoisotopic (exact) mass is 441 g/mol. The smallest absolute Gasteiger partial charge is 0.225 e. The third-order valence-corrected chi connectivity index (χ3v) is 6.16. The van der Waals surface area contributed by atoms with Gasteiger partial charge in [-0.25, -0.2) is 0 Å². The Kier molecular flexibility index (Phi) is 5.92. The van der Waals surface area contributed by atoms with Gasteiger partial charge >= 0.3 is 0 Å². The van der Waals surface area contributed by atoms with Gasteiger partial charge in [-0.2, -0.15) is 0 Å². The number of amides is 1. The maximum absolute atomic E-state index is 13.2. The number of phenolic OH excluding ortho intramolecular Hbond substituents is 1. The minimum Gasteiger partial charge on any atom is -0.503 e. The summed E-state index contributed by atoms with van der Waals surface area (Å²) in [5.41, 5.74) is 3.00. The first-order valence-electron chi connectivity index (χ1n) is 10.3. The lowest BCUT2D eigenvalue weighted by atomic mass is 9.73. The van der Waals surface area contributed by atoms with Crippen LogP contribution in [-0.2, 0) is 9.59 Å². The van der Waals surface area contributed by atoms with Gasteiger partial charge < -0.3 is 19.9 Å². The molecule has 4 rings (SSSR count). The predicted octanol–water partition coefficient (Wildman–Crippen LogP) is 4.46. The topological polar surface area (TPSA) is 84.9 Å². The Hall–Kier alpha value is -2.99. The van der Waals surface area contributed by atoms with Gasteiger partial charge in [-0.15, -0.1) is 0 Å². The second-order valence-corrected chi connectivity index (χ2v) is 8.19. The molecule has 0 unspecified atom stereocenters. The predicted molar refractivity (Wildman–Crippen MR) is 117 cm³/mol. The summed E-state index contributed by atoms with van der Waals surface area (Å²) in [6.07, 6.45) is 1.08. The molecule has 0 saturated heterocycles.